The van der Waals surface area contributed by atoms with Crippen molar-refractivity contribution in [2.24, 2.45) is 5.84 Å². The number of nitrogen functional groups attached to an aromatic ring is 1. The van der Waals surface area contributed by atoms with Gasteiger partial charge >= 0.3 is 0 Å². The van der Waals surface area contributed by atoms with Crippen molar-refractivity contribution in [2.45, 2.75) is 26.4 Å². The third-order valence-electron chi connectivity index (χ3n) is 2.82. The summed E-state index contributed by atoms with van der Waals surface area (Å²) in [6.07, 6.45) is 3.22. The van der Waals surface area contributed by atoms with Gasteiger partial charge in [-0.25, -0.2) is 10.8 Å². The van der Waals surface area contributed by atoms with E-state index in [1.807, 2.05) is 12.1 Å². The van der Waals surface area contributed by atoms with Gasteiger partial charge in [-0.05, 0) is 29.7 Å². The molecule has 0 saturated heterocycles. The Morgan fingerprint density at radius 2 is 2.10 bits per heavy atom. The fourth-order valence-corrected chi connectivity index (χ4v) is 2.14. The number of nitrogens with one attached hydrogen (secondary N) is 1. The molecule has 0 saturated carbocycles. The van der Waals surface area contributed by atoms with Crippen molar-refractivity contribution in [3.05, 3.63) is 46.3 Å². The highest BCUT2D eigenvalue weighted by Gasteiger charge is 2.09. The minimum absolute atomic E-state index is 0.374. The number of nitrogens with zero attached hydrogens (tertiary/aromatic N) is 2. The number of halogens is 1. The molecule has 2 aromatic rings. The molecule has 0 unspecified atom stereocenters. The van der Waals surface area contributed by atoms with E-state index in [1.54, 1.807) is 12.4 Å². The van der Waals surface area contributed by atoms with Gasteiger partial charge < -0.3 is 10.2 Å². The quantitative estimate of drug-likeness (QED) is 0.647. The molecule has 0 aliphatic heterocycles. The highest BCUT2D eigenvalue weighted by molar-refractivity contribution is 9.10. The fraction of sp³-hybridized carbons (Fsp3) is 0.286. The smallest absolute Gasteiger partial charge is 0.158 e. The van der Waals surface area contributed by atoms with E-state index < -0.39 is 0 Å². The van der Waals surface area contributed by atoms with Crippen LogP contribution in [0, 0.1) is 0 Å². The number of aromatic nitrogens is 2. The van der Waals surface area contributed by atoms with E-state index in [-0.39, 0.29) is 0 Å². The van der Waals surface area contributed by atoms with E-state index in [1.165, 1.54) is 0 Å². The fourth-order valence-electron chi connectivity index (χ4n) is 1.76. The van der Waals surface area contributed by atoms with Crippen LogP contribution in [0.15, 0.2) is 35.1 Å². The first-order valence-corrected chi connectivity index (χ1v) is 7.09. The third-order valence-corrected chi connectivity index (χ3v) is 3.32. The molecule has 1 heterocycles. The summed E-state index contributed by atoms with van der Waals surface area (Å²) in [7, 11) is 0. The van der Waals surface area contributed by atoms with Gasteiger partial charge in [0.2, 0.25) is 0 Å². The van der Waals surface area contributed by atoms with Crippen LogP contribution in [0.25, 0.3) is 0 Å². The Morgan fingerprint density at radius 1 is 1.30 bits per heavy atom. The molecule has 1 aromatic heterocycles. The number of hydrogen-bond donors (Lipinski definition) is 2. The summed E-state index contributed by atoms with van der Waals surface area (Å²) in [4.78, 5) is 8.31. The Morgan fingerprint density at radius 3 is 2.70 bits per heavy atom. The predicted octanol–water partition coefficient (Wildman–Crippen LogP) is 3.23. The van der Waals surface area contributed by atoms with E-state index in [0.29, 0.717) is 18.3 Å². The summed E-state index contributed by atoms with van der Waals surface area (Å²) < 4.78 is 6.89. The molecule has 0 fully saturated rings. The van der Waals surface area contributed by atoms with Crippen LogP contribution >= 0.6 is 15.9 Å². The van der Waals surface area contributed by atoms with Crippen molar-refractivity contribution in [3.63, 3.8) is 0 Å². The number of hydrogen-bond acceptors (Lipinski definition) is 5. The van der Waals surface area contributed by atoms with Gasteiger partial charge in [0.05, 0.1) is 18.1 Å². The van der Waals surface area contributed by atoms with Gasteiger partial charge in [-0.1, -0.05) is 29.8 Å². The maximum Gasteiger partial charge on any atom is 0.158 e. The highest BCUT2D eigenvalue weighted by Crippen LogP contribution is 2.29. The molecule has 0 radical (unpaired) electrons. The zero-order valence-electron chi connectivity index (χ0n) is 11.4. The van der Waals surface area contributed by atoms with Crippen LogP contribution in [-0.4, -0.2) is 9.97 Å². The predicted molar refractivity (Wildman–Crippen MR) is 82.4 cm³/mol. The van der Waals surface area contributed by atoms with Gasteiger partial charge in [0.25, 0.3) is 0 Å². The van der Waals surface area contributed by atoms with Crippen LogP contribution in [0.2, 0.25) is 0 Å². The molecule has 0 amide bonds. The zero-order valence-corrected chi connectivity index (χ0v) is 13.0. The average Bonchev–Trinajstić information content (AvgIpc) is 2.46. The van der Waals surface area contributed by atoms with Crippen molar-refractivity contribution in [3.8, 4) is 5.75 Å². The first-order valence-electron chi connectivity index (χ1n) is 6.30. The SMILES string of the molecule is CC(C)c1cc(Br)ccc1OCc1cnc(NN)cn1. The Balaban J connectivity index is 2.10. The monoisotopic (exact) mass is 336 g/mol. The summed E-state index contributed by atoms with van der Waals surface area (Å²) in [6.45, 7) is 4.64. The Bertz CT molecular complexity index is 572. The largest absolute Gasteiger partial charge is 0.487 e. The topological polar surface area (TPSA) is 73.1 Å². The number of ether oxygens (including phenoxy) is 1. The second-order valence-corrected chi connectivity index (χ2v) is 5.58. The lowest BCUT2D eigenvalue weighted by atomic mass is 10.0. The van der Waals surface area contributed by atoms with Crippen LogP contribution in [0.3, 0.4) is 0 Å². The van der Waals surface area contributed by atoms with E-state index in [0.717, 1.165) is 21.5 Å². The lowest BCUT2D eigenvalue weighted by Gasteiger charge is -2.14. The number of nitrogens with two attached hydrogens (primary N) is 1. The molecular formula is C14H17BrN4O. The molecule has 5 nitrogen and oxygen atoms in total. The van der Waals surface area contributed by atoms with E-state index in [9.17, 15) is 0 Å². The molecule has 3 N–H and O–H groups in total. The van der Waals surface area contributed by atoms with Crippen molar-refractivity contribution in [2.75, 3.05) is 5.43 Å². The molecule has 6 heteroatoms. The molecular weight excluding hydrogens is 320 g/mol. The Hall–Kier alpha value is -1.66. The highest BCUT2D eigenvalue weighted by atomic mass is 79.9. The molecule has 2 rings (SSSR count). The summed E-state index contributed by atoms with van der Waals surface area (Å²) in [5, 5.41) is 0. The minimum atomic E-state index is 0.374. The van der Waals surface area contributed by atoms with E-state index in [2.05, 4.69) is 51.2 Å². The van der Waals surface area contributed by atoms with Crippen molar-refractivity contribution in [1.29, 1.82) is 0 Å². The zero-order chi connectivity index (χ0) is 14.5. The average molecular weight is 337 g/mol. The maximum atomic E-state index is 5.84. The summed E-state index contributed by atoms with van der Waals surface area (Å²) >= 11 is 3.48. The lowest BCUT2D eigenvalue weighted by molar-refractivity contribution is 0.296. The van der Waals surface area contributed by atoms with Crippen molar-refractivity contribution >= 4 is 21.7 Å². The van der Waals surface area contributed by atoms with Crippen LogP contribution in [0.1, 0.15) is 31.0 Å². The molecule has 0 atom stereocenters. The summed E-state index contributed by atoms with van der Waals surface area (Å²) in [5.74, 6) is 7.03. The maximum absolute atomic E-state index is 5.84. The number of hydrazine groups is 1. The molecule has 106 valence electrons. The first-order chi connectivity index (χ1) is 9.60. The summed E-state index contributed by atoms with van der Waals surface area (Å²) in [5.41, 5.74) is 4.35. The lowest BCUT2D eigenvalue weighted by Crippen LogP contribution is -2.09. The van der Waals surface area contributed by atoms with Crippen LogP contribution in [0.4, 0.5) is 5.82 Å². The molecule has 1 aromatic carbocycles. The molecule has 20 heavy (non-hydrogen) atoms. The second kappa shape index (κ2) is 6.67. The Labute approximate surface area is 126 Å². The van der Waals surface area contributed by atoms with Gasteiger partial charge in [0.1, 0.15) is 12.4 Å². The standard InChI is InChI=1S/C14H17BrN4O/c1-9(2)12-5-10(15)3-4-13(12)20-8-11-6-18-14(19-16)7-17-11/h3-7,9H,8,16H2,1-2H3,(H,18,19). The number of anilines is 1. The normalized spacial score (nSPS) is 10.7. The number of benzene rings is 1. The van der Waals surface area contributed by atoms with E-state index in [4.69, 9.17) is 10.6 Å². The molecule has 0 aliphatic rings. The summed E-state index contributed by atoms with van der Waals surface area (Å²) in [6, 6.07) is 6.00. The van der Waals surface area contributed by atoms with Gasteiger partial charge in [-0.3, -0.25) is 4.98 Å². The van der Waals surface area contributed by atoms with Crippen LogP contribution < -0.4 is 16.0 Å². The molecule has 0 spiro atoms. The second-order valence-electron chi connectivity index (χ2n) is 4.66. The van der Waals surface area contributed by atoms with Crippen molar-refractivity contribution in [1.82, 2.24) is 9.97 Å². The van der Waals surface area contributed by atoms with Gasteiger partial charge in [0.15, 0.2) is 5.82 Å². The Kier molecular flexibility index (Phi) is 4.92. The van der Waals surface area contributed by atoms with Crippen LogP contribution in [0.5, 0.6) is 5.75 Å². The van der Waals surface area contributed by atoms with Gasteiger partial charge in [-0.15, -0.1) is 0 Å². The first kappa shape index (κ1) is 14.7. The number of rotatable bonds is 5. The minimum Gasteiger partial charge on any atom is -0.487 e. The third kappa shape index (κ3) is 3.68. The molecule has 0 aliphatic carbocycles. The van der Waals surface area contributed by atoms with Crippen molar-refractivity contribution < 1.29 is 4.74 Å². The van der Waals surface area contributed by atoms with Crippen LogP contribution in [-0.2, 0) is 6.61 Å². The van der Waals surface area contributed by atoms with E-state index >= 15 is 0 Å². The molecule has 0 bridgehead atoms. The van der Waals surface area contributed by atoms with Gasteiger partial charge in [-0.2, -0.15) is 0 Å². The van der Waals surface area contributed by atoms with Gasteiger partial charge in [0, 0.05) is 4.47 Å².